The van der Waals surface area contributed by atoms with Crippen LogP contribution < -0.4 is 0 Å². The maximum absolute atomic E-state index is 12.7. The third kappa shape index (κ3) is 22.7. The molecular weight excluding hydrogens is 1530 g/mol. The van der Waals surface area contributed by atoms with E-state index in [2.05, 4.69) is 174 Å². The number of nitrogens with one attached hydrogen (secondary N) is 4. The Morgan fingerprint density at radius 2 is 1.04 bits per heavy atom. The molecule has 0 radical (unpaired) electrons. The molecule has 0 saturated heterocycles. The van der Waals surface area contributed by atoms with Crippen molar-refractivity contribution in [2.75, 3.05) is 12.5 Å². The third-order valence-electron chi connectivity index (χ3n) is 20.7. The average molecular weight is 1640 g/mol. The van der Waals surface area contributed by atoms with Crippen LogP contribution in [0.4, 0.5) is 5.69 Å². The highest BCUT2D eigenvalue weighted by Crippen LogP contribution is 2.42. The number of ether oxygens (including phenoxy) is 4. The van der Waals surface area contributed by atoms with Crippen LogP contribution in [0.3, 0.4) is 0 Å². The zero-order valence-electron chi connectivity index (χ0n) is 61.9. The second-order valence-electron chi connectivity index (χ2n) is 29.9. The first-order valence-electron chi connectivity index (χ1n) is 36.2. The summed E-state index contributed by atoms with van der Waals surface area (Å²) < 4.78 is 22.1. The monoisotopic (exact) mass is 1640 g/mol. The Hall–Kier alpha value is -6.71. The highest BCUT2D eigenvalue weighted by molar-refractivity contribution is 14.1. The Labute approximate surface area is 643 Å². The van der Waals surface area contributed by atoms with E-state index in [-0.39, 0.29) is 71.1 Å². The SMILES string of the molecule is CC(=O)OCC1CC(C)C(Cc2n[nH]c(C)n2)C(C)C1.CCc1ccc(-c2n[nH]c(C(Br)C(=O)OC3C(C)CC(C)CC3C)n2)cc1.Cc1ccc(-c2n[nH]c(C(Cl)C(=O)OC3C(C)CC(CCl)CC3C)n2)cc1[N+](=O)[O-].Cc1ccc(-c2n[nH]c(C(I)C(=O)OC3C(C)CC(C)CC3C)n2)cc1.[HH].[HH].[HH].[HH]. The van der Waals surface area contributed by atoms with Crippen LogP contribution in [0.2, 0.25) is 0 Å². The van der Waals surface area contributed by atoms with E-state index in [1.807, 2.05) is 64.1 Å². The van der Waals surface area contributed by atoms with E-state index in [1.165, 1.54) is 24.1 Å². The lowest BCUT2D eigenvalue weighted by molar-refractivity contribution is -0.385. The number of halogens is 4. The number of aromatic amines is 4. The lowest BCUT2D eigenvalue weighted by Crippen LogP contribution is -2.39. The number of hydrogen-bond acceptors (Lipinski definition) is 18. The van der Waals surface area contributed by atoms with Crippen LogP contribution >= 0.6 is 61.7 Å². The van der Waals surface area contributed by atoms with Crippen molar-refractivity contribution in [2.24, 2.45) is 76.9 Å². The fourth-order valence-corrected chi connectivity index (χ4v) is 16.9. The predicted molar refractivity (Wildman–Crippen MR) is 417 cm³/mol. The van der Waals surface area contributed by atoms with Crippen molar-refractivity contribution in [2.45, 2.75) is 201 Å². The van der Waals surface area contributed by atoms with Gasteiger partial charge in [0.25, 0.3) is 5.69 Å². The summed E-state index contributed by atoms with van der Waals surface area (Å²) in [5.41, 5.74) is 5.26. The van der Waals surface area contributed by atoms with Gasteiger partial charge in [-0.15, -0.1) is 23.2 Å². The second kappa shape index (κ2) is 38.0. The number of hydrogen-bond donors (Lipinski definition) is 4. The van der Waals surface area contributed by atoms with Crippen LogP contribution in [-0.4, -0.2) is 120 Å². The molecule has 27 heteroatoms. The first kappa shape index (κ1) is 82.0. The third-order valence-corrected chi connectivity index (χ3v) is 23.5. The van der Waals surface area contributed by atoms with Crippen LogP contribution in [0, 0.1) is 108 Å². The Bertz CT molecular complexity index is 3890. The summed E-state index contributed by atoms with van der Waals surface area (Å²) in [6.45, 7) is 31.7. The van der Waals surface area contributed by atoms with Gasteiger partial charge in [-0.1, -0.05) is 181 Å². The number of benzene rings is 3. The van der Waals surface area contributed by atoms with E-state index in [9.17, 15) is 29.3 Å². The summed E-state index contributed by atoms with van der Waals surface area (Å²) in [6, 6.07) is 20.8. The Morgan fingerprint density at radius 1 is 0.592 bits per heavy atom. The van der Waals surface area contributed by atoms with Crippen LogP contribution in [-0.2, 0) is 51.0 Å². The van der Waals surface area contributed by atoms with Crippen molar-refractivity contribution in [1.29, 1.82) is 0 Å². The molecule has 4 fully saturated rings. The molecule has 0 aliphatic heterocycles. The molecule has 3 aromatic carbocycles. The molecule has 4 N–H and O–H groups in total. The van der Waals surface area contributed by atoms with E-state index in [1.54, 1.807) is 19.1 Å². The van der Waals surface area contributed by atoms with Gasteiger partial charge in [0, 0.05) is 53.3 Å². The minimum atomic E-state index is -1.16. The van der Waals surface area contributed by atoms with E-state index >= 15 is 0 Å². The number of carbonyl (C=O) groups excluding carboxylic acids is 4. The second-order valence-corrected chi connectivity index (χ2v) is 32.8. The summed E-state index contributed by atoms with van der Waals surface area (Å²) in [6.07, 6.45) is 10.1. The summed E-state index contributed by atoms with van der Waals surface area (Å²) in [7, 11) is 0. The highest BCUT2D eigenvalue weighted by atomic mass is 127. The van der Waals surface area contributed by atoms with E-state index < -0.39 is 25.0 Å². The van der Waals surface area contributed by atoms with Crippen LogP contribution in [0.15, 0.2) is 66.7 Å². The fraction of sp³-hybridized carbons (Fsp3) is 0.605. The molecule has 568 valence electrons. The summed E-state index contributed by atoms with van der Waals surface area (Å²) in [4.78, 5) is 76.6. The van der Waals surface area contributed by atoms with Gasteiger partial charge in [0.15, 0.2) is 43.3 Å². The van der Waals surface area contributed by atoms with Gasteiger partial charge in [-0.2, -0.15) is 20.4 Å². The van der Waals surface area contributed by atoms with Gasteiger partial charge in [0.2, 0.25) is 0 Å². The van der Waals surface area contributed by atoms with Crippen molar-refractivity contribution in [3.8, 4) is 34.2 Å². The van der Waals surface area contributed by atoms with Crippen LogP contribution in [0.1, 0.15) is 200 Å². The summed E-state index contributed by atoms with van der Waals surface area (Å²) in [5, 5.41) is 38.1. The number of esters is 4. The first-order chi connectivity index (χ1) is 48.9. The Kier molecular flexibility index (Phi) is 30.2. The topological polar surface area (TPSA) is 315 Å². The van der Waals surface area contributed by atoms with E-state index in [0.29, 0.717) is 112 Å². The molecule has 11 unspecified atom stereocenters. The molecule has 4 saturated carbocycles. The summed E-state index contributed by atoms with van der Waals surface area (Å²) in [5.74, 6) is 9.63. The number of nitrogens with zero attached hydrogens (tertiary/aromatic N) is 9. The van der Waals surface area contributed by atoms with Gasteiger partial charge in [-0.25, -0.2) is 24.7 Å². The van der Waals surface area contributed by atoms with Crippen LogP contribution in [0.5, 0.6) is 0 Å². The smallest absolute Gasteiger partial charge is 0.332 e. The summed E-state index contributed by atoms with van der Waals surface area (Å²) >= 11 is 17.8. The molecule has 103 heavy (non-hydrogen) atoms. The number of aromatic nitrogens is 12. The maximum atomic E-state index is 12.7. The standard InChI is InChI=1S/C21H28BrN3O2.C20H24Cl2N4O4.C20H26IN3O2.C15H25N3O2.4H2/c1-5-15-6-8-16(9-7-15)19-23-20(25-24-19)17(22)21(26)27-18-13(3)10-12(2)11-14(18)4;1-10-4-5-14(8-15(10)26(28)29)18-23-19(25-24-18)16(22)20(27)30-17-11(2)6-13(9-21)7-12(17)3;1-11-5-7-15(8-6-11)18-22-19(24-23-18)16(21)20(25)26-17-13(3)9-12(2)10-14(17)4;1-9-5-13(8-20-12(4)19)6-10(2)14(9)7-15-16-11(3)17-18-15;;;;/h6-9,12-14,17-18H,5,10-11H2,1-4H3,(H,23,24,25);4-5,8,11-13,16-17H,6-7,9H2,1-3H3,(H,23,24,25);5-8,12-14,16-17H,9-10H2,1-4H3,(H,22,23,24);9-10,13-14H,5-8H2,1-4H3,(H,16,17,18);4*1H. The van der Waals surface area contributed by atoms with Crippen molar-refractivity contribution in [1.82, 2.24) is 60.7 Å². The first-order valence-corrected chi connectivity index (χ1v) is 39.3. The molecule has 4 aliphatic rings. The van der Waals surface area contributed by atoms with Gasteiger partial charge in [0.05, 0.1) is 11.5 Å². The number of H-pyrrole nitrogens is 4. The number of aryl methyl sites for hydroxylation is 4. The molecule has 23 nitrogen and oxygen atoms in total. The van der Waals surface area contributed by atoms with Crippen molar-refractivity contribution in [3.05, 3.63) is 123 Å². The molecule has 4 aliphatic carbocycles. The van der Waals surface area contributed by atoms with Crippen molar-refractivity contribution < 1.29 is 48.8 Å². The fourth-order valence-electron chi connectivity index (χ4n) is 15.7. The Balaban J connectivity index is 0.000000300. The number of carbonyl (C=O) groups is 4. The molecule has 11 rings (SSSR count). The molecule has 4 heterocycles. The average Bonchev–Trinajstić information content (AvgIpc) is 1.81. The highest BCUT2D eigenvalue weighted by Gasteiger charge is 2.41. The molecule has 0 amide bonds. The number of nitro groups is 1. The largest absolute Gasteiger partial charge is 0.466 e. The minimum absolute atomic E-state index is 0. The number of rotatable bonds is 19. The van der Waals surface area contributed by atoms with Gasteiger partial charge < -0.3 is 18.9 Å². The zero-order valence-corrected chi connectivity index (χ0v) is 67.2. The van der Waals surface area contributed by atoms with E-state index in [0.717, 1.165) is 87.0 Å². The van der Waals surface area contributed by atoms with Gasteiger partial charge in [0.1, 0.15) is 35.8 Å². The molecular formula is C76H111BrCl2IN13O10. The molecule has 7 aromatic rings. The predicted octanol–water partition coefficient (Wildman–Crippen LogP) is 18.3. The number of nitro benzene ring substituents is 1. The lowest BCUT2D eigenvalue weighted by Gasteiger charge is -2.38. The molecule has 4 aromatic heterocycles. The normalized spacial score (nSPS) is 26.9. The van der Waals surface area contributed by atoms with Crippen molar-refractivity contribution in [3.63, 3.8) is 0 Å². The van der Waals surface area contributed by atoms with Crippen LogP contribution in [0.25, 0.3) is 34.2 Å². The van der Waals surface area contributed by atoms with Crippen molar-refractivity contribution >= 4 is 91.3 Å². The Morgan fingerprint density at radius 3 is 1.53 bits per heavy atom. The number of alkyl halides is 4. The zero-order chi connectivity index (χ0) is 75.1. The van der Waals surface area contributed by atoms with Gasteiger partial charge >= 0.3 is 23.9 Å². The quantitative estimate of drug-likeness (QED) is 0.0146. The van der Waals surface area contributed by atoms with Gasteiger partial charge in [-0.05, 0) is 161 Å². The minimum Gasteiger partial charge on any atom is -0.466 e. The molecule has 0 spiro atoms. The molecule has 11 atom stereocenters. The maximum Gasteiger partial charge on any atom is 0.332 e. The lowest BCUT2D eigenvalue weighted by atomic mass is 9.68. The molecule has 0 bridgehead atoms. The van der Waals surface area contributed by atoms with E-state index in [4.69, 9.17) is 42.1 Å². The van der Waals surface area contributed by atoms with Gasteiger partial charge in [-0.3, -0.25) is 44.9 Å².